The molecule has 0 aromatic heterocycles. The Labute approximate surface area is 122 Å². The highest BCUT2D eigenvalue weighted by atomic mass is 16.5. The monoisotopic (exact) mass is 274 g/mol. The Morgan fingerprint density at radius 1 is 1.30 bits per heavy atom. The van der Waals surface area contributed by atoms with Crippen LogP contribution in [0.2, 0.25) is 0 Å². The summed E-state index contributed by atoms with van der Waals surface area (Å²) in [5, 5.41) is 3.71. The van der Waals surface area contributed by atoms with E-state index in [0.29, 0.717) is 6.10 Å². The van der Waals surface area contributed by atoms with E-state index in [0.717, 1.165) is 32.3 Å². The molecule has 110 valence electrons. The quantitative estimate of drug-likeness (QED) is 0.912. The van der Waals surface area contributed by atoms with E-state index in [1.165, 1.54) is 18.4 Å². The van der Waals surface area contributed by atoms with Crippen LogP contribution >= 0.6 is 0 Å². The fraction of sp³-hybridized carbons (Fsp3) is 0.647. The van der Waals surface area contributed by atoms with Gasteiger partial charge >= 0.3 is 0 Å². The van der Waals surface area contributed by atoms with Crippen LogP contribution in [0.3, 0.4) is 0 Å². The molecule has 1 atom stereocenters. The molecule has 1 N–H and O–H groups in total. The first-order chi connectivity index (χ1) is 9.71. The lowest BCUT2D eigenvalue weighted by molar-refractivity contribution is -0.0583. The zero-order valence-corrected chi connectivity index (χ0v) is 12.6. The van der Waals surface area contributed by atoms with Gasteiger partial charge < -0.3 is 10.1 Å². The van der Waals surface area contributed by atoms with Crippen molar-refractivity contribution in [3.63, 3.8) is 0 Å². The maximum absolute atomic E-state index is 5.69. The summed E-state index contributed by atoms with van der Waals surface area (Å²) in [5.41, 5.74) is 1.47. The average Bonchev–Trinajstić information content (AvgIpc) is 2.43. The molecule has 1 unspecified atom stereocenters. The van der Waals surface area contributed by atoms with E-state index in [9.17, 15) is 0 Å². The molecular weight excluding hydrogens is 248 g/mol. The summed E-state index contributed by atoms with van der Waals surface area (Å²) in [7, 11) is 0. The van der Waals surface area contributed by atoms with E-state index in [1.807, 2.05) is 0 Å². The molecule has 1 saturated heterocycles. The van der Waals surface area contributed by atoms with Crippen molar-refractivity contribution in [3.8, 4) is 0 Å². The third-order valence-corrected chi connectivity index (χ3v) is 4.83. The van der Waals surface area contributed by atoms with Gasteiger partial charge in [0.25, 0.3) is 0 Å². The number of hydrogen-bond donors (Lipinski definition) is 1. The van der Waals surface area contributed by atoms with Gasteiger partial charge in [0.15, 0.2) is 0 Å². The summed E-state index contributed by atoms with van der Waals surface area (Å²) in [5.74, 6) is 0. The van der Waals surface area contributed by atoms with Crippen molar-refractivity contribution in [1.82, 2.24) is 10.2 Å². The molecule has 0 bridgehead atoms. The molecule has 1 aliphatic heterocycles. The zero-order valence-electron chi connectivity index (χ0n) is 12.6. The van der Waals surface area contributed by atoms with Gasteiger partial charge in [0.1, 0.15) is 0 Å². The van der Waals surface area contributed by atoms with E-state index in [2.05, 4.69) is 54.4 Å². The van der Waals surface area contributed by atoms with Gasteiger partial charge in [-0.3, -0.25) is 4.90 Å². The number of nitrogens with one attached hydrogen (secondary N) is 1. The highest BCUT2D eigenvalue weighted by Crippen LogP contribution is 2.32. The second-order valence-corrected chi connectivity index (χ2v) is 6.30. The Bertz CT molecular complexity index is 430. The lowest BCUT2D eigenvalue weighted by atomic mass is 9.83. The summed E-state index contributed by atoms with van der Waals surface area (Å²) in [6.45, 7) is 8.59. The fourth-order valence-electron chi connectivity index (χ4n) is 3.54. The second kappa shape index (κ2) is 5.84. The number of nitrogens with zero attached hydrogens (tertiary/aromatic N) is 1. The number of ether oxygens (including phenoxy) is 1. The minimum atomic E-state index is 0.0796. The number of benzene rings is 1. The first-order valence-electron chi connectivity index (χ1n) is 7.87. The van der Waals surface area contributed by atoms with E-state index < -0.39 is 0 Å². The van der Waals surface area contributed by atoms with Crippen molar-refractivity contribution in [2.45, 2.75) is 44.4 Å². The highest BCUT2D eigenvalue weighted by molar-refractivity contribution is 5.25. The molecule has 0 amide bonds. The molecule has 1 aromatic rings. The van der Waals surface area contributed by atoms with Crippen LogP contribution in [0.15, 0.2) is 30.3 Å². The largest absolute Gasteiger partial charge is 0.378 e. The van der Waals surface area contributed by atoms with Crippen LogP contribution in [0.1, 0.15) is 32.3 Å². The van der Waals surface area contributed by atoms with Crippen LogP contribution in [-0.2, 0) is 10.3 Å². The SMILES string of the molecule is CCOC1CC(N2CCNC(C)(c3ccccc3)C2)C1. The first kappa shape index (κ1) is 14.1. The predicted molar refractivity (Wildman–Crippen MR) is 81.8 cm³/mol. The van der Waals surface area contributed by atoms with Gasteiger partial charge in [-0.2, -0.15) is 0 Å². The maximum Gasteiger partial charge on any atom is 0.0604 e. The van der Waals surface area contributed by atoms with Gasteiger partial charge in [-0.05, 0) is 32.3 Å². The number of hydrogen-bond acceptors (Lipinski definition) is 3. The van der Waals surface area contributed by atoms with Crippen LogP contribution in [0.5, 0.6) is 0 Å². The first-order valence-corrected chi connectivity index (χ1v) is 7.87. The molecule has 0 radical (unpaired) electrons. The second-order valence-electron chi connectivity index (χ2n) is 6.30. The topological polar surface area (TPSA) is 24.5 Å². The van der Waals surface area contributed by atoms with Crippen LogP contribution in [0, 0.1) is 0 Å². The molecule has 1 aromatic carbocycles. The third-order valence-electron chi connectivity index (χ3n) is 4.83. The number of rotatable bonds is 4. The Balaban J connectivity index is 1.63. The van der Waals surface area contributed by atoms with Gasteiger partial charge in [0.2, 0.25) is 0 Å². The maximum atomic E-state index is 5.69. The van der Waals surface area contributed by atoms with E-state index in [1.54, 1.807) is 0 Å². The molecule has 1 aliphatic carbocycles. The lowest BCUT2D eigenvalue weighted by Crippen LogP contribution is -2.61. The smallest absolute Gasteiger partial charge is 0.0604 e. The minimum Gasteiger partial charge on any atom is -0.378 e. The molecule has 3 heteroatoms. The Morgan fingerprint density at radius 2 is 2.05 bits per heavy atom. The molecule has 20 heavy (non-hydrogen) atoms. The van der Waals surface area contributed by atoms with Gasteiger partial charge in [-0.15, -0.1) is 0 Å². The summed E-state index contributed by atoms with van der Waals surface area (Å²) in [6.07, 6.45) is 2.92. The van der Waals surface area contributed by atoms with Crippen LogP contribution in [0.25, 0.3) is 0 Å². The number of piperazine rings is 1. The van der Waals surface area contributed by atoms with Crippen LogP contribution < -0.4 is 5.32 Å². The van der Waals surface area contributed by atoms with Crippen molar-refractivity contribution in [2.75, 3.05) is 26.2 Å². The van der Waals surface area contributed by atoms with E-state index in [-0.39, 0.29) is 5.54 Å². The van der Waals surface area contributed by atoms with Crippen molar-refractivity contribution >= 4 is 0 Å². The Hall–Kier alpha value is -0.900. The molecule has 3 nitrogen and oxygen atoms in total. The van der Waals surface area contributed by atoms with Crippen LogP contribution in [-0.4, -0.2) is 43.3 Å². The minimum absolute atomic E-state index is 0.0796. The normalized spacial score (nSPS) is 34.7. The van der Waals surface area contributed by atoms with E-state index >= 15 is 0 Å². The molecule has 3 rings (SSSR count). The van der Waals surface area contributed by atoms with Crippen molar-refractivity contribution < 1.29 is 4.74 Å². The highest BCUT2D eigenvalue weighted by Gasteiger charge is 2.40. The van der Waals surface area contributed by atoms with Gasteiger partial charge in [0.05, 0.1) is 11.6 Å². The van der Waals surface area contributed by atoms with Gasteiger partial charge in [-0.25, -0.2) is 0 Å². The molecular formula is C17H26N2O. The molecule has 1 saturated carbocycles. The van der Waals surface area contributed by atoms with E-state index in [4.69, 9.17) is 4.74 Å². The third kappa shape index (κ3) is 2.76. The summed E-state index contributed by atoms with van der Waals surface area (Å²) in [4.78, 5) is 2.65. The van der Waals surface area contributed by atoms with Gasteiger partial charge in [0, 0.05) is 32.3 Å². The zero-order chi connectivity index (χ0) is 14.0. The van der Waals surface area contributed by atoms with Crippen molar-refractivity contribution in [2.24, 2.45) is 0 Å². The summed E-state index contributed by atoms with van der Waals surface area (Å²) < 4.78 is 5.69. The standard InChI is InChI=1S/C17H26N2O/c1-3-20-16-11-15(12-16)19-10-9-18-17(2,13-19)14-7-5-4-6-8-14/h4-8,15-16,18H,3,9-13H2,1-2H3. The average molecular weight is 274 g/mol. The summed E-state index contributed by atoms with van der Waals surface area (Å²) >= 11 is 0. The van der Waals surface area contributed by atoms with Crippen LogP contribution in [0.4, 0.5) is 0 Å². The van der Waals surface area contributed by atoms with Crippen molar-refractivity contribution in [3.05, 3.63) is 35.9 Å². The predicted octanol–water partition coefficient (Wildman–Crippen LogP) is 2.37. The molecule has 1 heterocycles. The summed E-state index contributed by atoms with van der Waals surface area (Å²) in [6, 6.07) is 11.6. The Kier molecular flexibility index (Phi) is 4.11. The fourth-order valence-corrected chi connectivity index (χ4v) is 3.54. The molecule has 2 fully saturated rings. The molecule has 2 aliphatic rings. The van der Waals surface area contributed by atoms with Crippen molar-refractivity contribution in [1.29, 1.82) is 0 Å². The molecule has 0 spiro atoms. The Morgan fingerprint density at radius 3 is 2.75 bits per heavy atom. The lowest BCUT2D eigenvalue weighted by Gasteiger charge is -2.49. The van der Waals surface area contributed by atoms with Gasteiger partial charge in [-0.1, -0.05) is 30.3 Å².